The van der Waals surface area contributed by atoms with Gasteiger partial charge < -0.3 is 5.73 Å². The summed E-state index contributed by atoms with van der Waals surface area (Å²) in [5, 5.41) is 0. The molecule has 0 radical (unpaired) electrons. The fourth-order valence-electron chi connectivity index (χ4n) is 2.21. The molecular weight excluding hydrogens is 234 g/mol. The lowest BCUT2D eigenvalue weighted by Crippen LogP contribution is -2.23. The lowest BCUT2D eigenvalue weighted by molar-refractivity contribution is 0.582. The summed E-state index contributed by atoms with van der Waals surface area (Å²) in [5.41, 5.74) is 8.88. The number of hydrogen-bond donors (Lipinski definition) is 1. The van der Waals surface area contributed by atoms with Gasteiger partial charge in [-0.3, -0.25) is 0 Å². The summed E-state index contributed by atoms with van der Waals surface area (Å²) >= 11 is 0. The van der Waals surface area contributed by atoms with Gasteiger partial charge in [0.2, 0.25) is 0 Å². The molecule has 2 N–H and O–H groups in total. The summed E-state index contributed by atoms with van der Waals surface area (Å²) in [6.07, 6.45) is 1.85. The molecule has 1 aromatic heterocycles. The Balaban J connectivity index is 2.44. The van der Waals surface area contributed by atoms with Gasteiger partial charge in [0.1, 0.15) is 5.82 Å². The summed E-state index contributed by atoms with van der Waals surface area (Å²) in [6.45, 7) is 8.23. The molecule has 0 spiro atoms. The zero-order valence-electron chi connectivity index (χ0n) is 12.0. The fourth-order valence-corrected chi connectivity index (χ4v) is 2.21. The van der Waals surface area contributed by atoms with E-state index in [-0.39, 0.29) is 11.5 Å². The molecule has 0 aliphatic heterocycles. The number of hydrogen-bond acceptors (Lipinski definition) is 3. The van der Waals surface area contributed by atoms with Gasteiger partial charge >= 0.3 is 0 Å². The van der Waals surface area contributed by atoms with Gasteiger partial charge in [-0.2, -0.15) is 0 Å². The van der Waals surface area contributed by atoms with E-state index >= 15 is 0 Å². The summed E-state index contributed by atoms with van der Waals surface area (Å²) in [6, 6.07) is 10.3. The predicted octanol–water partition coefficient (Wildman–Crippen LogP) is 3.13. The molecule has 2 rings (SSSR count). The van der Waals surface area contributed by atoms with Crippen LogP contribution < -0.4 is 5.73 Å². The third kappa shape index (κ3) is 2.66. The first kappa shape index (κ1) is 13.7. The molecule has 1 heterocycles. The number of rotatable bonds is 3. The number of nitrogens with two attached hydrogens (primary N) is 1. The van der Waals surface area contributed by atoms with Crippen LogP contribution in [-0.4, -0.2) is 9.97 Å². The van der Waals surface area contributed by atoms with Crippen molar-refractivity contribution in [3.05, 3.63) is 59.2 Å². The Bertz CT molecular complexity index is 559. The van der Waals surface area contributed by atoms with Crippen molar-refractivity contribution in [2.75, 3.05) is 0 Å². The van der Waals surface area contributed by atoms with E-state index in [1.807, 2.05) is 38.2 Å². The Labute approximate surface area is 114 Å². The Morgan fingerprint density at radius 2 is 1.79 bits per heavy atom. The van der Waals surface area contributed by atoms with E-state index in [0.29, 0.717) is 0 Å². The smallest absolute Gasteiger partial charge is 0.138 e. The van der Waals surface area contributed by atoms with Crippen molar-refractivity contribution in [2.24, 2.45) is 5.73 Å². The monoisotopic (exact) mass is 255 g/mol. The highest BCUT2D eigenvalue weighted by atomic mass is 14.9. The van der Waals surface area contributed by atoms with E-state index in [1.165, 1.54) is 5.56 Å². The molecule has 19 heavy (non-hydrogen) atoms. The first-order valence-electron chi connectivity index (χ1n) is 6.58. The standard InChI is InChI=1S/C16H21N3/c1-11(17)14-10-18-15(19-12(14)2)16(3,4)13-8-6-5-7-9-13/h5-11H,17H2,1-4H3/t11-/m0/s1. The highest BCUT2D eigenvalue weighted by molar-refractivity contribution is 5.32. The number of nitrogens with zero attached hydrogens (tertiary/aromatic N) is 2. The minimum Gasteiger partial charge on any atom is -0.324 e. The maximum absolute atomic E-state index is 5.90. The lowest BCUT2D eigenvalue weighted by Gasteiger charge is -2.24. The molecule has 0 saturated carbocycles. The molecule has 1 atom stereocenters. The molecule has 0 fully saturated rings. The highest BCUT2D eigenvalue weighted by Crippen LogP contribution is 2.29. The second kappa shape index (κ2) is 5.10. The van der Waals surface area contributed by atoms with E-state index in [9.17, 15) is 0 Å². The van der Waals surface area contributed by atoms with Crippen LogP contribution in [-0.2, 0) is 5.41 Å². The van der Waals surface area contributed by atoms with Gasteiger partial charge in [-0.05, 0) is 33.3 Å². The van der Waals surface area contributed by atoms with Gasteiger partial charge in [-0.25, -0.2) is 9.97 Å². The molecule has 3 nitrogen and oxygen atoms in total. The quantitative estimate of drug-likeness (QED) is 0.916. The van der Waals surface area contributed by atoms with Crippen molar-refractivity contribution in [2.45, 2.75) is 39.2 Å². The number of aryl methyl sites for hydroxylation is 1. The minimum atomic E-state index is -0.206. The van der Waals surface area contributed by atoms with E-state index < -0.39 is 0 Å². The third-order valence-electron chi connectivity index (χ3n) is 3.56. The number of aromatic nitrogens is 2. The summed E-state index contributed by atoms with van der Waals surface area (Å²) in [7, 11) is 0. The first-order chi connectivity index (χ1) is 8.93. The van der Waals surface area contributed by atoms with Gasteiger partial charge in [-0.1, -0.05) is 30.3 Å². The summed E-state index contributed by atoms with van der Waals surface area (Å²) < 4.78 is 0. The molecule has 0 amide bonds. The van der Waals surface area contributed by atoms with E-state index in [1.54, 1.807) is 0 Å². The Morgan fingerprint density at radius 1 is 1.16 bits per heavy atom. The van der Waals surface area contributed by atoms with Crippen LogP contribution in [0.15, 0.2) is 36.5 Å². The van der Waals surface area contributed by atoms with E-state index in [2.05, 4.69) is 35.9 Å². The minimum absolute atomic E-state index is 0.0334. The maximum atomic E-state index is 5.90. The van der Waals surface area contributed by atoms with Gasteiger partial charge in [0.15, 0.2) is 0 Å². The number of benzene rings is 1. The Morgan fingerprint density at radius 3 is 2.32 bits per heavy atom. The largest absolute Gasteiger partial charge is 0.324 e. The highest BCUT2D eigenvalue weighted by Gasteiger charge is 2.26. The van der Waals surface area contributed by atoms with Gasteiger partial charge in [0.25, 0.3) is 0 Å². The molecule has 100 valence electrons. The second-order valence-electron chi connectivity index (χ2n) is 5.51. The van der Waals surface area contributed by atoms with Gasteiger partial charge in [0, 0.05) is 28.9 Å². The zero-order valence-corrected chi connectivity index (χ0v) is 12.0. The average Bonchev–Trinajstić information content (AvgIpc) is 2.39. The van der Waals surface area contributed by atoms with Crippen molar-refractivity contribution in [3.63, 3.8) is 0 Å². The summed E-state index contributed by atoms with van der Waals surface area (Å²) in [4.78, 5) is 9.17. The van der Waals surface area contributed by atoms with Crippen LogP contribution in [0.4, 0.5) is 0 Å². The lowest BCUT2D eigenvalue weighted by atomic mass is 9.83. The van der Waals surface area contributed by atoms with Crippen molar-refractivity contribution >= 4 is 0 Å². The fraction of sp³-hybridized carbons (Fsp3) is 0.375. The van der Waals surface area contributed by atoms with Crippen molar-refractivity contribution in [1.29, 1.82) is 0 Å². The maximum Gasteiger partial charge on any atom is 0.138 e. The van der Waals surface area contributed by atoms with Crippen LogP contribution >= 0.6 is 0 Å². The van der Waals surface area contributed by atoms with E-state index in [0.717, 1.165) is 17.1 Å². The van der Waals surface area contributed by atoms with Crippen LogP contribution in [0.2, 0.25) is 0 Å². The van der Waals surface area contributed by atoms with Crippen molar-refractivity contribution < 1.29 is 0 Å². The van der Waals surface area contributed by atoms with Crippen molar-refractivity contribution in [3.8, 4) is 0 Å². The van der Waals surface area contributed by atoms with Crippen LogP contribution in [0.3, 0.4) is 0 Å². The van der Waals surface area contributed by atoms with Gasteiger partial charge in [-0.15, -0.1) is 0 Å². The van der Waals surface area contributed by atoms with Gasteiger partial charge in [0.05, 0.1) is 0 Å². The molecule has 0 bridgehead atoms. The third-order valence-corrected chi connectivity index (χ3v) is 3.56. The van der Waals surface area contributed by atoms with E-state index in [4.69, 9.17) is 5.73 Å². The summed E-state index contributed by atoms with van der Waals surface area (Å²) in [5.74, 6) is 0.834. The molecule has 0 aliphatic carbocycles. The van der Waals surface area contributed by atoms with Crippen LogP contribution in [0.25, 0.3) is 0 Å². The molecule has 2 aromatic rings. The second-order valence-corrected chi connectivity index (χ2v) is 5.51. The molecule has 1 aromatic carbocycles. The molecule has 0 aliphatic rings. The molecule has 0 unspecified atom stereocenters. The first-order valence-corrected chi connectivity index (χ1v) is 6.58. The molecular formula is C16H21N3. The Kier molecular flexibility index (Phi) is 3.67. The SMILES string of the molecule is Cc1nc(C(C)(C)c2ccccc2)ncc1[C@H](C)N. The average molecular weight is 255 g/mol. The van der Waals surface area contributed by atoms with Crippen molar-refractivity contribution in [1.82, 2.24) is 9.97 Å². The molecule has 3 heteroatoms. The zero-order chi connectivity index (χ0) is 14.0. The Hall–Kier alpha value is -1.74. The molecule has 0 saturated heterocycles. The van der Waals surface area contributed by atoms with Crippen LogP contribution in [0.1, 0.15) is 49.5 Å². The topological polar surface area (TPSA) is 51.8 Å². The normalized spacial score (nSPS) is 13.3. The predicted molar refractivity (Wildman–Crippen MR) is 77.9 cm³/mol. The van der Waals surface area contributed by atoms with Crippen LogP contribution in [0.5, 0.6) is 0 Å². The van der Waals surface area contributed by atoms with Crippen LogP contribution in [0, 0.1) is 6.92 Å².